The van der Waals surface area contributed by atoms with Gasteiger partial charge in [-0.3, -0.25) is 4.79 Å². The first-order chi connectivity index (χ1) is 11.0. The Morgan fingerprint density at radius 2 is 1.96 bits per heavy atom. The average Bonchev–Trinajstić information content (AvgIpc) is 3.00. The van der Waals surface area contributed by atoms with Crippen LogP contribution in [0, 0.1) is 13.8 Å². The lowest BCUT2D eigenvalue weighted by Crippen LogP contribution is -2.50. The van der Waals surface area contributed by atoms with Crippen LogP contribution >= 0.6 is 11.3 Å². The first kappa shape index (κ1) is 15.9. The Kier molecular flexibility index (Phi) is 4.56. The minimum Gasteiger partial charge on any atom is -0.353 e. The highest BCUT2D eigenvalue weighted by molar-refractivity contribution is 7.09. The number of anilines is 1. The number of thiazole rings is 1. The molecule has 1 atom stereocenters. The molecule has 1 saturated heterocycles. The summed E-state index contributed by atoms with van der Waals surface area (Å²) < 4.78 is 0. The van der Waals surface area contributed by atoms with Gasteiger partial charge in [0.15, 0.2) is 0 Å². The lowest BCUT2D eigenvalue weighted by atomic mass is 10.1. The molecule has 3 rings (SSSR count). The maximum absolute atomic E-state index is 12.7. The van der Waals surface area contributed by atoms with Crippen LogP contribution in [0.4, 0.5) is 5.82 Å². The molecule has 6 nitrogen and oxygen atoms in total. The maximum Gasteiger partial charge on any atom is 0.232 e. The SMILES string of the molecule is Cc1csc(C(C)C(=O)N2CCN(c3ccnc(C)n3)CC2)n1. The Bertz CT molecular complexity index is 693. The zero-order chi connectivity index (χ0) is 16.4. The molecule has 0 bridgehead atoms. The summed E-state index contributed by atoms with van der Waals surface area (Å²) in [6.07, 6.45) is 1.78. The van der Waals surface area contributed by atoms with Gasteiger partial charge in [0, 0.05) is 43.4 Å². The Morgan fingerprint density at radius 1 is 1.22 bits per heavy atom. The molecule has 1 aliphatic rings. The minimum atomic E-state index is -0.165. The Labute approximate surface area is 140 Å². The van der Waals surface area contributed by atoms with Gasteiger partial charge in [0.25, 0.3) is 0 Å². The fourth-order valence-electron chi connectivity index (χ4n) is 2.73. The van der Waals surface area contributed by atoms with Gasteiger partial charge in [0.1, 0.15) is 16.6 Å². The standard InChI is InChI=1S/C16H21N5OS/c1-11-10-23-15(18-11)12(2)16(22)21-8-6-20(7-9-21)14-4-5-17-13(3)19-14/h4-5,10,12H,6-9H2,1-3H3. The summed E-state index contributed by atoms with van der Waals surface area (Å²) in [6, 6.07) is 1.92. The third-order valence-corrected chi connectivity index (χ3v) is 5.20. The van der Waals surface area contributed by atoms with E-state index in [1.807, 2.05) is 37.1 Å². The highest BCUT2D eigenvalue weighted by Crippen LogP contribution is 2.23. The maximum atomic E-state index is 12.7. The third kappa shape index (κ3) is 3.50. The van der Waals surface area contributed by atoms with E-state index in [0.29, 0.717) is 0 Å². The number of aryl methyl sites for hydroxylation is 2. The number of hydrogen-bond donors (Lipinski definition) is 0. The summed E-state index contributed by atoms with van der Waals surface area (Å²) in [6.45, 7) is 8.83. The van der Waals surface area contributed by atoms with Crippen molar-refractivity contribution in [3.05, 3.63) is 34.2 Å². The van der Waals surface area contributed by atoms with Crippen molar-refractivity contribution >= 4 is 23.1 Å². The summed E-state index contributed by atoms with van der Waals surface area (Å²) in [5.74, 6) is 1.71. The molecule has 2 aromatic rings. The molecule has 0 N–H and O–H groups in total. The van der Waals surface area contributed by atoms with Crippen LogP contribution < -0.4 is 4.90 Å². The number of carbonyl (C=O) groups excluding carboxylic acids is 1. The fourth-order valence-corrected chi connectivity index (χ4v) is 3.57. The fraction of sp³-hybridized carbons (Fsp3) is 0.500. The van der Waals surface area contributed by atoms with Gasteiger partial charge in [-0.05, 0) is 26.8 Å². The number of carbonyl (C=O) groups is 1. The quantitative estimate of drug-likeness (QED) is 0.861. The molecule has 0 spiro atoms. The van der Waals surface area contributed by atoms with Crippen LogP contribution in [0.1, 0.15) is 29.4 Å². The molecule has 1 unspecified atom stereocenters. The van der Waals surface area contributed by atoms with Crippen LogP contribution in [0.2, 0.25) is 0 Å². The monoisotopic (exact) mass is 331 g/mol. The average molecular weight is 331 g/mol. The van der Waals surface area contributed by atoms with Crippen molar-refractivity contribution < 1.29 is 4.79 Å². The van der Waals surface area contributed by atoms with Gasteiger partial charge in [-0.2, -0.15) is 0 Å². The topological polar surface area (TPSA) is 62.2 Å². The van der Waals surface area contributed by atoms with E-state index in [-0.39, 0.29) is 11.8 Å². The van der Waals surface area contributed by atoms with E-state index < -0.39 is 0 Å². The largest absolute Gasteiger partial charge is 0.353 e. The van der Waals surface area contributed by atoms with Crippen LogP contribution in [0.25, 0.3) is 0 Å². The lowest BCUT2D eigenvalue weighted by Gasteiger charge is -2.36. The van der Waals surface area contributed by atoms with E-state index in [1.165, 1.54) is 0 Å². The molecule has 7 heteroatoms. The Hall–Kier alpha value is -2.02. The van der Waals surface area contributed by atoms with Gasteiger partial charge in [-0.1, -0.05) is 0 Å². The second-order valence-corrected chi connectivity index (χ2v) is 6.71. The van der Waals surface area contributed by atoms with E-state index >= 15 is 0 Å². The molecule has 122 valence electrons. The normalized spacial score (nSPS) is 16.5. The van der Waals surface area contributed by atoms with E-state index in [4.69, 9.17) is 0 Å². The van der Waals surface area contributed by atoms with Gasteiger partial charge >= 0.3 is 0 Å². The van der Waals surface area contributed by atoms with Crippen LogP contribution in [0.15, 0.2) is 17.6 Å². The number of nitrogens with zero attached hydrogens (tertiary/aromatic N) is 5. The molecule has 0 radical (unpaired) electrons. The van der Waals surface area contributed by atoms with Crippen molar-refractivity contribution in [1.82, 2.24) is 19.9 Å². The number of hydrogen-bond acceptors (Lipinski definition) is 6. The molecule has 3 heterocycles. The lowest BCUT2D eigenvalue weighted by molar-refractivity contribution is -0.132. The van der Waals surface area contributed by atoms with E-state index in [0.717, 1.165) is 48.5 Å². The van der Waals surface area contributed by atoms with Gasteiger partial charge in [-0.15, -0.1) is 11.3 Å². The molecular formula is C16H21N5OS. The zero-order valence-electron chi connectivity index (χ0n) is 13.7. The zero-order valence-corrected chi connectivity index (χ0v) is 14.5. The predicted octanol–water partition coefficient (Wildman–Crippen LogP) is 2.00. The van der Waals surface area contributed by atoms with Crippen LogP contribution in [0.3, 0.4) is 0 Å². The highest BCUT2D eigenvalue weighted by Gasteiger charge is 2.27. The summed E-state index contributed by atoms with van der Waals surface area (Å²) in [4.78, 5) is 29.8. The summed E-state index contributed by atoms with van der Waals surface area (Å²) >= 11 is 1.56. The third-order valence-electron chi connectivity index (χ3n) is 4.05. The van der Waals surface area contributed by atoms with Crippen molar-refractivity contribution in [2.45, 2.75) is 26.7 Å². The number of piperazine rings is 1. The van der Waals surface area contributed by atoms with Crippen molar-refractivity contribution in [3.63, 3.8) is 0 Å². The highest BCUT2D eigenvalue weighted by atomic mass is 32.1. The van der Waals surface area contributed by atoms with Gasteiger partial charge in [0.2, 0.25) is 5.91 Å². The van der Waals surface area contributed by atoms with Gasteiger partial charge in [0.05, 0.1) is 5.92 Å². The minimum absolute atomic E-state index is 0.165. The molecule has 2 aromatic heterocycles. The summed E-state index contributed by atoms with van der Waals surface area (Å²) in [7, 11) is 0. The number of aromatic nitrogens is 3. The van der Waals surface area contributed by atoms with Crippen molar-refractivity contribution in [3.8, 4) is 0 Å². The van der Waals surface area contributed by atoms with E-state index in [2.05, 4.69) is 19.9 Å². The molecule has 1 aliphatic heterocycles. The molecular weight excluding hydrogens is 310 g/mol. The Balaban J connectivity index is 1.61. The van der Waals surface area contributed by atoms with E-state index in [1.54, 1.807) is 17.5 Å². The van der Waals surface area contributed by atoms with Gasteiger partial charge in [-0.25, -0.2) is 15.0 Å². The predicted molar refractivity (Wildman–Crippen MR) is 90.8 cm³/mol. The molecule has 0 saturated carbocycles. The second kappa shape index (κ2) is 6.62. The van der Waals surface area contributed by atoms with Crippen molar-refractivity contribution in [1.29, 1.82) is 0 Å². The Morgan fingerprint density at radius 3 is 2.57 bits per heavy atom. The first-order valence-electron chi connectivity index (χ1n) is 7.80. The second-order valence-electron chi connectivity index (χ2n) is 5.82. The van der Waals surface area contributed by atoms with Crippen LogP contribution in [-0.4, -0.2) is 51.9 Å². The van der Waals surface area contributed by atoms with Crippen molar-refractivity contribution in [2.75, 3.05) is 31.1 Å². The first-order valence-corrected chi connectivity index (χ1v) is 8.68. The van der Waals surface area contributed by atoms with Crippen LogP contribution in [-0.2, 0) is 4.79 Å². The molecule has 0 aliphatic carbocycles. The molecule has 23 heavy (non-hydrogen) atoms. The molecule has 0 aromatic carbocycles. The molecule has 1 fully saturated rings. The summed E-state index contributed by atoms with van der Waals surface area (Å²) in [5.41, 5.74) is 0.980. The number of rotatable bonds is 3. The van der Waals surface area contributed by atoms with Crippen molar-refractivity contribution in [2.24, 2.45) is 0 Å². The summed E-state index contributed by atoms with van der Waals surface area (Å²) in [5, 5.41) is 2.90. The smallest absolute Gasteiger partial charge is 0.232 e. The molecule has 1 amide bonds. The number of amides is 1. The van der Waals surface area contributed by atoms with E-state index in [9.17, 15) is 4.79 Å². The van der Waals surface area contributed by atoms with Crippen LogP contribution in [0.5, 0.6) is 0 Å². The van der Waals surface area contributed by atoms with Gasteiger partial charge < -0.3 is 9.80 Å².